The molecule has 1 saturated heterocycles. The first-order valence-corrected chi connectivity index (χ1v) is 22.9. The lowest BCUT2D eigenvalue weighted by Gasteiger charge is -2.31. The Bertz CT molecular complexity index is 2140. The molecule has 2 aromatic rings. The number of phenols is 1. The van der Waals surface area contributed by atoms with Crippen molar-refractivity contribution in [3.8, 4) is 5.75 Å². The van der Waals surface area contributed by atoms with E-state index in [9.17, 15) is 53.4 Å². The van der Waals surface area contributed by atoms with Crippen LogP contribution >= 0.6 is 12.6 Å². The molecular weight excluding hydrogens is 923 g/mol. The van der Waals surface area contributed by atoms with Crippen LogP contribution in [0.5, 0.6) is 5.75 Å². The van der Waals surface area contributed by atoms with Gasteiger partial charge in [0.2, 0.25) is 41.4 Å². The highest BCUT2D eigenvalue weighted by Crippen LogP contribution is 2.21. The van der Waals surface area contributed by atoms with Crippen molar-refractivity contribution in [3.63, 3.8) is 0 Å². The number of nitrogens with one attached hydrogen (secondary N) is 7. The fourth-order valence-electron chi connectivity index (χ4n) is 7.28. The predicted molar refractivity (Wildman–Crippen MR) is 252 cm³/mol. The predicted octanol–water partition coefficient (Wildman–Crippen LogP) is -3.02. The van der Waals surface area contributed by atoms with Crippen LogP contribution in [0.1, 0.15) is 71.1 Å². The van der Waals surface area contributed by atoms with Crippen LogP contribution in [0.4, 0.5) is 0 Å². The van der Waals surface area contributed by atoms with E-state index in [1.54, 1.807) is 27.7 Å². The smallest absolute Gasteiger partial charge is 0.327 e. The first-order valence-electron chi connectivity index (χ1n) is 22.3. The topological polar surface area (TPSA) is 409 Å². The Hall–Kier alpha value is -6.96. The van der Waals surface area contributed by atoms with Crippen molar-refractivity contribution in [1.82, 2.24) is 46.8 Å². The number of aromatic hydroxyl groups is 1. The van der Waals surface area contributed by atoms with Gasteiger partial charge in [-0.1, -0.05) is 39.8 Å². The number of carbonyl (C=O) groups excluding carboxylic acids is 7. The standard InChI is InChI=1S/C43H65N13O12S/c1-21(2)33(54-36(61)27(7-5-13-48-43(45)46)50-35(60)26(44)17-32(58)59)39(64)51-28(15-23-9-11-25(57)12-10-23)37(62)55-34(22(3)4)40(65)52-29(16-24-18-47-20-49-24)41(66)56-14-6-8-31(56)38(63)53-30(19-69)42(67)68/h9-12,18,20-22,26-31,33-34,57,69H,5-8,13-17,19,44H2,1-4H3,(H,47,49)(H,50,60)(H,51,64)(H,52,65)(H,53,63)(H,54,61)(H,55,62)(H,58,59)(H,67,68)(H4,45,46,48)/t26-,27-,28-,29-,30-,31-,33-,34-/m0/s1. The van der Waals surface area contributed by atoms with Crippen LogP contribution in [0.25, 0.3) is 0 Å². The summed E-state index contributed by atoms with van der Waals surface area (Å²) >= 11 is 4.00. The van der Waals surface area contributed by atoms with Crippen molar-refractivity contribution in [1.29, 1.82) is 0 Å². The number of benzene rings is 1. The Labute approximate surface area is 403 Å². The summed E-state index contributed by atoms with van der Waals surface area (Å²) in [6.45, 7) is 6.68. The maximum absolute atomic E-state index is 14.4. The number of hydrogen-bond donors (Lipinski definition) is 14. The molecule has 1 aliphatic rings. The van der Waals surface area contributed by atoms with Gasteiger partial charge in [-0.05, 0) is 55.2 Å². The lowest BCUT2D eigenvalue weighted by Crippen LogP contribution is -2.62. The molecule has 69 heavy (non-hydrogen) atoms. The number of carboxylic acids is 2. The molecule has 7 amide bonds. The molecule has 1 fully saturated rings. The van der Waals surface area contributed by atoms with E-state index in [-0.39, 0.29) is 62.7 Å². The molecule has 0 unspecified atom stereocenters. The van der Waals surface area contributed by atoms with Crippen molar-refractivity contribution in [2.45, 2.75) is 121 Å². The van der Waals surface area contributed by atoms with Gasteiger partial charge in [-0.15, -0.1) is 0 Å². The third kappa shape index (κ3) is 17.9. The molecule has 1 aliphatic heterocycles. The second-order valence-electron chi connectivity index (χ2n) is 17.2. The zero-order valence-electron chi connectivity index (χ0n) is 38.8. The van der Waals surface area contributed by atoms with E-state index in [0.29, 0.717) is 17.7 Å². The summed E-state index contributed by atoms with van der Waals surface area (Å²) < 4.78 is 0. The van der Waals surface area contributed by atoms with Crippen LogP contribution in [-0.4, -0.2) is 157 Å². The molecule has 2 heterocycles. The molecule has 25 nitrogen and oxygen atoms in total. The van der Waals surface area contributed by atoms with Gasteiger partial charge in [0.1, 0.15) is 48.0 Å². The zero-order valence-corrected chi connectivity index (χ0v) is 39.7. The number of nitrogens with zero attached hydrogens (tertiary/aromatic N) is 3. The van der Waals surface area contributed by atoms with Crippen molar-refractivity contribution in [2.24, 2.45) is 34.0 Å². The number of phenolic OH excluding ortho intramolecular Hbond substituents is 1. The second-order valence-corrected chi connectivity index (χ2v) is 17.6. The maximum Gasteiger partial charge on any atom is 0.327 e. The normalized spacial score (nSPS) is 16.4. The summed E-state index contributed by atoms with van der Waals surface area (Å²) in [7, 11) is 0. The fraction of sp³-hybridized carbons (Fsp3) is 0.558. The van der Waals surface area contributed by atoms with Crippen LogP contribution in [0.15, 0.2) is 41.8 Å². The summed E-state index contributed by atoms with van der Waals surface area (Å²) in [6, 6.07) is -4.82. The molecule has 0 saturated carbocycles. The van der Waals surface area contributed by atoms with Crippen LogP contribution in [0.2, 0.25) is 0 Å². The number of guanidine groups is 1. The van der Waals surface area contributed by atoms with Crippen LogP contribution in [0.3, 0.4) is 0 Å². The zero-order chi connectivity index (χ0) is 51.5. The number of aliphatic carboxylic acids is 2. The van der Waals surface area contributed by atoms with Gasteiger partial charge >= 0.3 is 11.9 Å². The van der Waals surface area contributed by atoms with Gasteiger partial charge in [0.15, 0.2) is 5.96 Å². The molecular formula is C43H65N13O12S. The van der Waals surface area contributed by atoms with Gasteiger partial charge in [-0.2, -0.15) is 12.6 Å². The van der Waals surface area contributed by atoms with E-state index in [1.807, 2.05) is 0 Å². The van der Waals surface area contributed by atoms with E-state index in [1.165, 1.54) is 41.7 Å². The molecule has 26 heteroatoms. The Balaban J connectivity index is 1.90. The molecule has 16 N–H and O–H groups in total. The van der Waals surface area contributed by atoms with Gasteiger partial charge in [-0.3, -0.25) is 43.3 Å². The summed E-state index contributed by atoms with van der Waals surface area (Å²) in [5.41, 5.74) is 17.5. The van der Waals surface area contributed by atoms with Gasteiger partial charge in [0.05, 0.1) is 18.8 Å². The Kier molecular flexibility index (Phi) is 22.2. The van der Waals surface area contributed by atoms with Crippen LogP contribution in [-0.2, 0) is 56.0 Å². The van der Waals surface area contributed by atoms with Crippen molar-refractivity contribution in [3.05, 3.63) is 48.0 Å². The van der Waals surface area contributed by atoms with E-state index in [4.69, 9.17) is 22.3 Å². The minimum absolute atomic E-state index is 0.0585. The number of aromatic nitrogens is 2. The molecule has 3 rings (SSSR count). The van der Waals surface area contributed by atoms with E-state index >= 15 is 0 Å². The van der Waals surface area contributed by atoms with Crippen molar-refractivity contribution < 1.29 is 58.5 Å². The third-order valence-electron chi connectivity index (χ3n) is 11.0. The highest BCUT2D eigenvalue weighted by atomic mass is 32.1. The number of amides is 7. The number of hydrogen-bond acceptors (Lipinski definition) is 14. The van der Waals surface area contributed by atoms with Crippen molar-refractivity contribution in [2.75, 3.05) is 18.8 Å². The maximum atomic E-state index is 14.4. The molecule has 0 aliphatic carbocycles. The lowest BCUT2D eigenvalue weighted by atomic mass is 9.98. The van der Waals surface area contributed by atoms with Crippen LogP contribution in [0, 0.1) is 11.8 Å². The summed E-state index contributed by atoms with van der Waals surface area (Å²) in [4.78, 5) is 132. The lowest BCUT2D eigenvalue weighted by molar-refractivity contribution is -0.144. The minimum Gasteiger partial charge on any atom is -0.508 e. The number of H-pyrrole nitrogens is 1. The highest BCUT2D eigenvalue weighted by Gasteiger charge is 2.40. The number of carboxylic acid groups (broad SMARTS) is 2. The largest absolute Gasteiger partial charge is 0.508 e. The van der Waals surface area contributed by atoms with Gasteiger partial charge < -0.3 is 74.3 Å². The number of thiol groups is 1. The second kappa shape index (κ2) is 27.1. The first-order chi connectivity index (χ1) is 32.5. The van der Waals surface area contributed by atoms with Crippen molar-refractivity contribution >= 4 is 71.9 Å². The number of aromatic amines is 1. The number of imidazole rings is 1. The molecule has 1 aromatic carbocycles. The molecule has 0 radical (unpaired) electrons. The number of carbonyl (C=O) groups is 9. The van der Waals surface area contributed by atoms with E-state index < -0.39 is 120 Å². The molecule has 380 valence electrons. The molecule has 1 aromatic heterocycles. The van der Waals surface area contributed by atoms with Crippen LogP contribution < -0.4 is 49.1 Å². The quantitative estimate of drug-likeness (QED) is 0.0183. The summed E-state index contributed by atoms with van der Waals surface area (Å²) in [5, 5.41) is 44.1. The Morgan fingerprint density at radius 2 is 1.38 bits per heavy atom. The highest BCUT2D eigenvalue weighted by molar-refractivity contribution is 7.80. The van der Waals surface area contributed by atoms with Gasteiger partial charge in [0, 0.05) is 43.6 Å². The summed E-state index contributed by atoms with van der Waals surface area (Å²) in [5.74, 6) is -10.0. The van der Waals surface area contributed by atoms with Gasteiger partial charge in [0.25, 0.3) is 0 Å². The van der Waals surface area contributed by atoms with Gasteiger partial charge in [-0.25, -0.2) is 9.78 Å². The monoisotopic (exact) mass is 987 g/mol. The van der Waals surface area contributed by atoms with E-state index in [2.05, 4.69) is 59.5 Å². The Morgan fingerprint density at radius 3 is 1.90 bits per heavy atom. The SMILES string of the molecule is CC(C)[C@H](NC(=O)[C@H](CCCN=C(N)N)NC(=O)[C@@H](N)CC(=O)O)C(=O)N[C@@H](Cc1ccc(O)cc1)C(=O)N[C@H](C(=O)N[C@@H](Cc1cnc[nH]1)C(=O)N1CCC[C@H]1C(=O)N[C@@H](CS)C(=O)O)C(C)C. The fourth-order valence-corrected chi connectivity index (χ4v) is 7.53. The minimum atomic E-state index is -1.51. The average Bonchev–Trinajstić information content (AvgIpc) is 4.00. The first kappa shape index (κ1) is 56.4. The average molecular weight is 988 g/mol. The number of nitrogens with two attached hydrogens (primary N) is 3. The third-order valence-corrected chi connectivity index (χ3v) is 11.4. The molecule has 0 bridgehead atoms. The number of rotatable bonds is 27. The number of aliphatic imine (C=N–C) groups is 1. The Morgan fingerprint density at radius 1 is 0.797 bits per heavy atom. The molecule has 8 atom stereocenters. The van der Waals surface area contributed by atoms with E-state index in [0.717, 1.165) is 0 Å². The summed E-state index contributed by atoms with van der Waals surface area (Å²) in [6.07, 6.45) is 2.55. The molecule has 0 spiro atoms. The number of likely N-dealkylation sites (tertiary alicyclic amines) is 1.